The number of aliphatic hydroxyl groups is 1. The Morgan fingerprint density at radius 3 is 2.68 bits per heavy atom. The zero-order chi connectivity index (χ0) is 18.4. The van der Waals surface area contributed by atoms with Gasteiger partial charge in [-0.25, -0.2) is 0 Å². The highest BCUT2D eigenvalue weighted by molar-refractivity contribution is 5.78. The first-order valence-corrected chi connectivity index (χ1v) is 9.02. The molecule has 0 fully saturated rings. The number of aliphatic hydroxyl groups excluding tert-OH is 1. The highest BCUT2D eigenvalue weighted by atomic mass is 16.3. The molecule has 1 aromatic rings. The fourth-order valence-electron chi connectivity index (χ4n) is 3.50. The van der Waals surface area contributed by atoms with E-state index in [2.05, 4.69) is 28.9 Å². The number of nitrogens with one attached hydrogen (secondary N) is 2. The third kappa shape index (κ3) is 4.59. The van der Waals surface area contributed by atoms with Gasteiger partial charge in [-0.2, -0.15) is 0 Å². The summed E-state index contributed by atoms with van der Waals surface area (Å²) in [5.41, 5.74) is 8.66. The van der Waals surface area contributed by atoms with E-state index in [1.807, 2.05) is 20.9 Å². The molecule has 4 heteroatoms. The summed E-state index contributed by atoms with van der Waals surface area (Å²) in [5, 5.41) is 20.4. The van der Waals surface area contributed by atoms with Gasteiger partial charge in [-0.1, -0.05) is 24.3 Å². The molecule has 0 bridgehead atoms. The molecule has 3 N–H and O–H groups in total. The molecule has 0 atom stereocenters. The smallest absolute Gasteiger partial charge is 0.0558 e. The number of nitrogens with zero attached hydrogens (tertiary/aromatic N) is 1. The van der Waals surface area contributed by atoms with Crippen LogP contribution < -0.4 is 5.32 Å². The summed E-state index contributed by atoms with van der Waals surface area (Å²) in [5.74, 6) is 0. The van der Waals surface area contributed by atoms with E-state index < -0.39 is 0 Å². The van der Waals surface area contributed by atoms with Gasteiger partial charge in [-0.15, -0.1) is 0 Å². The average Bonchev–Trinajstić information content (AvgIpc) is 2.97. The summed E-state index contributed by atoms with van der Waals surface area (Å²) in [6.07, 6.45) is 4.46. The second-order valence-corrected chi connectivity index (χ2v) is 6.90. The zero-order valence-electron chi connectivity index (χ0n) is 15.8. The van der Waals surface area contributed by atoms with Crippen LogP contribution in [0.1, 0.15) is 37.0 Å². The van der Waals surface area contributed by atoms with Crippen molar-refractivity contribution in [1.29, 1.82) is 5.41 Å². The lowest BCUT2D eigenvalue weighted by atomic mass is 9.99. The van der Waals surface area contributed by atoms with E-state index in [1.165, 1.54) is 34.2 Å². The topological polar surface area (TPSA) is 59.4 Å². The van der Waals surface area contributed by atoms with Crippen molar-refractivity contribution in [2.75, 3.05) is 38.6 Å². The number of anilines is 1. The van der Waals surface area contributed by atoms with Crippen LogP contribution in [-0.2, 0) is 12.8 Å². The van der Waals surface area contributed by atoms with Crippen LogP contribution in [0.25, 0.3) is 5.57 Å². The Hall–Kier alpha value is -1.91. The second-order valence-electron chi connectivity index (χ2n) is 6.90. The Balaban J connectivity index is 2.14. The molecule has 0 unspecified atom stereocenters. The van der Waals surface area contributed by atoms with Crippen molar-refractivity contribution in [1.82, 2.24) is 4.90 Å². The monoisotopic (exact) mass is 341 g/mol. The molecule has 0 aliphatic heterocycles. The lowest BCUT2D eigenvalue weighted by molar-refractivity contribution is 0.208. The summed E-state index contributed by atoms with van der Waals surface area (Å²) >= 11 is 0. The van der Waals surface area contributed by atoms with Gasteiger partial charge in [-0.3, -0.25) is 4.90 Å². The molecule has 0 aromatic heterocycles. The Labute approximate surface area is 151 Å². The fourth-order valence-corrected chi connectivity index (χ4v) is 3.50. The van der Waals surface area contributed by atoms with Crippen molar-refractivity contribution in [2.45, 2.75) is 33.1 Å². The van der Waals surface area contributed by atoms with Gasteiger partial charge >= 0.3 is 0 Å². The van der Waals surface area contributed by atoms with E-state index in [0.717, 1.165) is 37.0 Å². The van der Waals surface area contributed by atoms with Crippen LogP contribution in [0.3, 0.4) is 0 Å². The van der Waals surface area contributed by atoms with E-state index in [1.54, 1.807) is 0 Å². The summed E-state index contributed by atoms with van der Waals surface area (Å²) in [6, 6.07) is 4.41. The first-order valence-electron chi connectivity index (χ1n) is 9.02. The predicted molar refractivity (Wildman–Crippen MR) is 108 cm³/mol. The minimum absolute atomic E-state index is 0.136. The van der Waals surface area contributed by atoms with Gasteiger partial charge in [0, 0.05) is 38.6 Å². The van der Waals surface area contributed by atoms with Crippen LogP contribution in [0.5, 0.6) is 0 Å². The van der Waals surface area contributed by atoms with E-state index in [-0.39, 0.29) is 6.61 Å². The molecule has 0 radical (unpaired) electrons. The molecular formula is C21H31N3O. The van der Waals surface area contributed by atoms with Crippen molar-refractivity contribution in [3.05, 3.63) is 46.5 Å². The van der Waals surface area contributed by atoms with Crippen LogP contribution >= 0.6 is 0 Å². The zero-order valence-corrected chi connectivity index (χ0v) is 15.8. The van der Waals surface area contributed by atoms with Crippen molar-refractivity contribution in [3.8, 4) is 0 Å². The molecule has 0 spiro atoms. The summed E-state index contributed by atoms with van der Waals surface area (Å²) < 4.78 is 0. The van der Waals surface area contributed by atoms with Crippen molar-refractivity contribution in [3.63, 3.8) is 0 Å². The van der Waals surface area contributed by atoms with Gasteiger partial charge in [0.2, 0.25) is 0 Å². The Bertz CT molecular complexity index is 672. The van der Waals surface area contributed by atoms with Gasteiger partial charge in [0.05, 0.1) is 6.61 Å². The minimum Gasteiger partial charge on any atom is -0.395 e. The highest BCUT2D eigenvalue weighted by Crippen LogP contribution is 2.37. The van der Waals surface area contributed by atoms with E-state index in [4.69, 9.17) is 5.41 Å². The lowest BCUT2D eigenvalue weighted by Gasteiger charge is -2.23. The van der Waals surface area contributed by atoms with Crippen LogP contribution in [0.2, 0.25) is 0 Å². The van der Waals surface area contributed by atoms with E-state index in [0.29, 0.717) is 13.1 Å². The molecular weight excluding hydrogens is 310 g/mol. The molecule has 1 aliphatic carbocycles. The van der Waals surface area contributed by atoms with Gasteiger partial charge in [-0.05, 0) is 60.9 Å². The normalized spacial score (nSPS) is 13.1. The third-order valence-corrected chi connectivity index (χ3v) is 5.03. The molecule has 0 saturated carbocycles. The maximum absolute atomic E-state index is 9.38. The SMILES string of the molecule is C=C1CCc2c1ccc(CCN(CCO)CC(C=N)=C(C)C)c2NC. The van der Waals surface area contributed by atoms with Crippen molar-refractivity contribution < 1.29 is 5.11 Å². The first-order chi connectivity index (χ1) is 12.0. The lowest BCUT2D eigenvalue weighted by Crippen LogP contribution is -2.31. The average molecular weight is 341 g/mol. The summed E-state index contributed by atoms with van der Waals surface area (Å²) in [7, 11) is 1.99. The maximum atomic E-state index is 9.38. The molecule has 4 nitrogen and oxygen atoms in total. The molecule has 1 aromatic carbocycles. The number of allylic oxidation sites excluding steroid dienone is 2. The first kappa shape index (κ1) is 19.4. The second kappa shape index (κ2) is 8.97. The van der Waals surface area contributed by atoms with Crippen LogP contribution in [0, 0.1) is 5.41 Å². The molecule has 0 heterocycles. The number of benzene rings is 1. The number of hydrogen-bond donors (Lipinski definition) is 3. The Morgan fingerprint density at radius 2 is 2.08 bits per heavy atom. The van der Waals surface area contributed by atoms with Gasteiger partial charge in [0.1, 0.15) is 0 Å². The quantitative estimate of drug-likeness (QED) is 0.602. The van der Waals surface area contributed by atoms with Crippen LogP contribution in [0.15, 0.2) is 29.9 Å². The molecule has 25 heavy (non-hydrogen) atoms. The molecule has 0 amide bonds. The van der Waals surface area contributed by atoms with Gasteiger partial charge in [0.25, 0.3) is 0 Å². The fraction of sp³-hybridized carbons (Fsp3) is 0.476. The van der Waals surface area contributed by atoms with Crippen LogP contribution in [0.4, 0.5) is 5.69 Å². The largest absolute Gasteiger partial charge is 0.395 e. The van der Waals surface area contributed by atoms with Gasteiger partial charge in [0.15, 0.2) is 0 Å². The molecule has 0 saturated heterocycles. The van der Waals surface area contributed by atoms with E-state index >= 15 is 0 Å². The number of rotatable bonds is 9. The highest BCUT2D eigenvalue weighted by Gasteiger charge is 2.20. The Kier molecular flexibility index (Phi) is 6.97. The standard InChI is InChI=1S/C21H31N3O/c1-15(2)18(13-22)14-24(11-12-25)10-9-17-6-8-19-16(3)5-7-20(19)21(17)23-4/h6,8,13,22-23,25H,3,5,7,9-12,14H2,1-2,4H3. The predicted octanol–water partition coefficient (Wildman–Crippen LogP) is 3.51. The van der Waals surface area contributed by atoms with Crippen molar-refractivity contribution in [2.24, 2.45) is 0 Å². The molecule has 2 rings (SSSR count). The van der Waals surface area contributed by atoms with E-state index in [9.17, 15) is 5.11 Å². The summed E-state index contributed by atoms with van der Waals surface area (Å²) in [6.45, 7) is 10.6. The third-order valence-electron chi connectivity index (χ3n) is 5.03. The van der Waals surface area contributed by atoms with Gasteiger partial charge < -0.3 is 15.8 Å². The van der Waals surface area contributed by atoms with Crippen molar-refractivity contribution >= 4 is 17.5 Å². The van der Waals surface area contributed by atoms with Crippen LogP contribution in [-0.4, -0.2) is 49.5 Å². The maximum Gasteiger partial charge on any atom is 0.0558 e. The minimum atomic E-state index is 0.136. The number of fused-ring (bicyclic) bond motifs is 1. The molecule has 136 valence electrons. The number of hydrogen-bond acceptors (Lipinski definition) is 4. The molecule has 1 aliphatic rings. The summed E-state index contributed by atoms with van der Waals surface area (Å²) in [4.78, 5) is 2.22. The Morgan fingerprint density at radius 1 is 1.32 bits per heavy atom.